The van der Waals surface area contributed by atoms with Gasteiger partial charge in [-0.2, -0.15) is 13.2 Å². The number of amides is 1. The van der Waals surface area contributed by atoms with Crippen molar-refractivity contribution in [2.75, 3.05) is 19.7 Å². The maximum atomic E-state index is 12.6. The summed E-state index contributed by atoms with van der Waals surface area (Å²) in [7, 11) is 0. The lowest BCUT2D eigenvalue weighted by molar-refractivity contribution is -0.137. The molecular formula is C13H14F3NO2. The SMILES string of the molecule is CC1CN(C(=O)c2cccc(C(F)(F)F)c2)CCO1. The van der Waals surface area contributed by atoms with Gasteiger partial charge in [0.2, 0.25) is 0 Å². The van der Waals surface area contributed by atoms with Crippen molar-refractivity contribution in [3.63, 3.8) is 0 Å². The molecule has 1 aliphatic heterocycles. The molecule has 1 fully saturated rings. The monoisotopic (exact) mass is 273 g/mol. The summed E-state index contributed by atoms with van der Waals surface area (Å²) < 4.78 is 43.1. The number of rotatable bonds is 1. The van der Waals surface area contributed by atoms with Crippen LogP contribution in [0.2, 0.25) is 0 Å². The zero-order chi connectivity index (χ0) is 14.0. The lowest BCUT2D eigenvalue weighted by atomic mass is 10.1. The van der Waals surface area contributed by atoms with Crippen molar-refractivity contribution in [3.05, 3.63) is 35.4 Å². The van der Waals surface area contributed by atoms with E-state index in [-0.39, 0.29) is 17.6 Å². The molecule has 2 rings (SSSR count). The molecule has 0 radical (unpaired) electrons. The number of ether oxygens (including phenoxy) is 1. The summed E-state index contributed by atoms with van der Waals surface area (Å²) in [6, 6.07) is 4.50. The Bertz CT molecular complexity index is 473. The highest BCUT2D eigenvalue weighted by atomic mass is 19.4. The standard InChI is InChI=1S/C13H14F3NO2/c1-9-8-17(5-6-19-9)12(18)10-3-2-4-11(7-10)13(14,15)16/h2-4,7,9H,5-6,8H2,1H3. The van der Waals surface area contributed by atoms with Crippen LogP contribution < -0.4 is 0 Å². The molecule has 1 aliphatic rings. The Labute approximate surface area is 109 Å². The van der Waals surface area contributed by atoms with Gasteiger partial charge in [-0.1, -0.05) is 6.07 Å². The van der Waals surface area contributed by atoms with E-state index in [1.54, 1.807) is 0 Å². The second kappa shape index (κ2) is 5.21. The van der Waals surface area contributed by atoms with Gasteiger partial charge in [-0.3, -0.25) is 4.79 Å². The number of benzene rings is 1. The molecule has 0 bridgehead atoms. The van der Waals surface area contributed by atoms with Crippen LogP contribution in [0.4, 0.5) is 13.2 Å². The van der Waals surface area contributed by atoms with Crippen LogP contribution in [0.5, 0.6) is 0 Å². The highest BCUT2D eigenvalue weighted by Crippen LogP contribution is 2.29. The molecule has 104 valence electrons. The minimum Gasteiger partial charge on any atom is -0.375 e. The van der Waals surface area contributed by atoms with E-state index in [1.165, 1.54) is 17.0 Å². The number of halogens is 3. The quantitative estimate of drug-likeness (QED) is 0.787. The molecular weight excluding hydrogens is 259 g/mol. The molecule has 3 nitrogen and oxygen atoms in total. The summed E-state index contributed by atoms with van der Waals surface area (Å²) in [6.45, 7) is 3.03. The highest BCUT2D eigenvalue weighted by molar-refractivity contribution is 5.94. The molecule has 1 aromatic carbocycles. The molecule has 1 atom stereocenters. The molecule has 0 spiro atoms. The Hall–Kier alpha value is -1.56. The molecule has 6 heteroatoms. The van der Waals surface area contributed by atoms with E-state index >= 15 is 0 Å². The molecule has 0 saturated carbocycles. The molecule has 19 heavy (non-hydrogen) atoms. The van der Waals surface area contributed by atoms with E-state index in [2.05, 4.69) is 0 Å². The predicted octanol–water partition coefficient (Wildman–Crippen LogP) is 2.57. The fraction of sp³-hybridized carbons (Fsp3) is 0.462. The molecule has 0 N–H and O–H groups in total. The van der Waals surface area contributed by atoms with Crippen molar-refractivity contribution in [2.45, 2.75) is 19.2 Å². The summed E-state index contributed by atoms with van der Waals surface area (Å²) in [4.78, 5) is 13.6. The Morgan fingerprint density at radius 2 is 2.16 bits per heavy atom. The van der Waals surface area contributed by atoms with Gasteiger partial charge in [-0.25, -0.2) is 0 Å². The molecule has 1 amide bonds. The first kappa shape index (κ1) is 13.9. The zero-order valence-electron chi connectivity index (χ0n) is 10.4. The topological polar surface area (TPSA) is 29.5 Å². The van der Waals surface area contributed by atoms with Gasteiger partial charge >= 0.3 is 6.18 Å². The van der Waals surface area contributed by atoms with Crippen LogP contribution in [0, 0.1) is 0 Å². The number of nitrogens with zero attached hydrogens (tertiary/aromatic N) is 1. The van der Waals surface area contributed by atoms with Crippen LogP contribution in [0.3, 0.4) is 0 Å². The van der Waals surface area contributed by atoms with Crippen molar-refractivity contribution in [3.8, 4) is 0 Å². The average Bonchev–Trinajstić information content (AvgIpc) is 2.37. The summed E-state index contributed by atoms with van der Waals surface area (Å²) in [6.07, 6.45) is -4.53. The highest BCUT2D eigenvalue weighted by Gasteiger charge is 2.31. The molecule has 1 heterocycles. The molecule has 1 saturated heterocycles. The summed E-state index contributed by atoms with van der Waals surface area (Å²) in [5.74, 6) is -0.388. The maximum absolute atomic E-state index is 12.6. The molecule has 0 aromatic heterocycles. The van der Waals surface area contributed by atoms with E-state index in [4.69, 9.17) is 4.74 Å². The fourth-order valence-corrected chi connectivity index (χ4v) is 2.01. The van der Waals surface area contributed by atoms with Gasteiger partial charge in [0.15, 0.2) is 0 Å². The zero-order valence-corrected chi connectivity index (χ0v) is 10.4. The number of carbonyl (C=O) groups is 1. The number of morpholine rings is 1. The first-order chi connectivity index (χ1) is 8.88. The van der Waals surface area contributed by atoms with Crippen LogP contribution >= 0.6 is 0 Å². The van der Waals surface area contributed by atoms with E-state index < -0.39 is 11.7 Å². The van der Waals surface area contributed by atoms with Crippen LogP contribution in [-0.4, -0.2) is 36.6 Å². The van der Waals surface area contributed by atoms with Gasteiger partial charge in [0.25, 0.3) is 5.91 Å². The number of hydrogen-bond donors (Lipinski definition) is 0. The summed E-state index contributed by atoms with van der Waals surface area (Å²) >= 11 is 0. The Morgan fingerprint density at radius 1 is 1.42 bits per heavy atom. The van der Waals surface area contributed by atoms with Gasteiger partial charge < -0.3 is 9.64 Å². The third-order valence-electron chi connectivity index (χ3n) is 2.97. The number of alkyl halides is 3. The minimum absolute atomic E-state index is 0.0592. The van der Waals surface area contributed by atoms with Crippen molar-refractivity contribution >= 4 is 5.91 Å². The van der Waals surface area contributed by atoms with Crippen LogP contribution in [0.25, 0.3) is 0 Å². The average molecular weight is 273 g/mol. The Balaban J connectivity index is 2.19. The number of carbonyl (C=O) groups excluding carboxylic acids is 1. The van der Waals surface area contributed by atoms with Crippen LogP contribution in [0.1, 0.15) is 22.8 Å². The number of hydrogen-bond acceptors (Lipinski definition) is 2. The third-order valence-corrected chi connectivity index (χ3v) is 2.97. The van der Waals surface area contributed by atoms with Crippen LogP contribution in [0.15, 0.2) is 24.3 Å². The third kappa shape index (κ3) is 3.26. The normalized spacial score (nSPS) is 20.4. The van der Waals surface area contributed by atoms with Crippen molar-refractivity contribution < 1.29 is 22.7 Å². The first-order valence-corrected chi connectivity index (χ1v) is 5.96. The molecule has 1 unspecified atom stereocenters. The van der Waals surface area contributed by atoms with Gasteiger partial charge in [0, 0.05) is 18.7 Å². The largest absolute Gasteiger partial charge is 0.416 e. The van der Waals surface area contributed by atoms with Gasteiger partial charge in [-0.15, -0.1) is 0 Å². The Kier molecular flexibility index (Phi) is 3.80. The van der Waals surface area contributed by atoms with E-state index in [9.17, 15) is 18.0 Å². The Morgan fingerprint density at radius 3 is 2.79 bits per heavy atom. The van der Waals surface area contributed by atoms with Crippen LogP contribution in [-0.2, 0) is 10.9 Å². The van der Waals surface area contributed by atoms with Crippen molar-refractivity contribution in [1.82, 2.24) is 4.90 Å². The van der Waals surface area contributed by atoms with Crippen molar-refractivity contribution in [2.24, 2.45) is 0 Å². The van der Waals surface area contributed by atoms with Gasteiger partial charge in [0.1, 0.15) is 0 Å². The summed E-state index contributed by atoms with van der Waals surface area (Å²) in [5.41, 5.74) is -0.747. The predicted molar refractivity (Wildman–Crippen MR) is 62.8 cm³/mol. The lowest BCUT2D eigenvalue weighted by Gasteiger charge is -2.31. The molecule has 1 aromatic rings. The van der Waals surface area contributed by atoms with E-state index in [1.807, 2.05) is 6.92 Å². The second-order valence-corrected chi connectivity index (χ2v) is 4.51. The van der Waals surface area contributed by atoms with Gasteiger partial charge in [-0.05, 0) is 25.1 Å². The second-order valence-electron chi connectivity index (χ2n) is 4.51. The lowest BCUT2D eigenvalue weighted by Crippen LogP contribution is -2.44. The minimum atomic E-state index is -4.44. The molecule has 0 aliphatic carbocycles. The first-order valence-electron chi connectivity index (χ1n) is 5.96. The van der Waals surface area contributed by atoms with Gasteiger partial charge in [0.05, 0.1) is 18.3 Å². The smallest absolute Gasteiger partial charge is 0.375 e. The maximum Gasteiger partial charge on any atom is 0.416 e. The fourth-order valence-electron chi connectivity index (χ4n) is 2.01. The van der Waals surface area contributed by atoms with Crippen molar-refractivity contribution in [1.29, 1.82) is 0 Å². The summed E-state index contributed by atoms with van der Waals surface area (Å²) in [5, 5.41) is 0. The van der Waals surface area contributed by atoms with E-state index in [0.29, 0.717) is 19.7 Å². The van der Waals surface area contributed by atoms with E-state index in [0.717, 1.165) is 12.1 Å².